The summed E-state index contributed by atoms with van der Waals surface area (Å²) >= 11 is 3.05. The number of rotatable bonds is 6. The van der Waals surface area contributed by atoms with Gasteiger partial charge < -0.3 is 16.0 Å². The Kier molecular flexibility index (Phi) is 6.32. The van der Waals surface area contributed by atoms with Gasteiger partial charge in [0.15, 0.2) is 11.6 Å². The molecule has 3 N–H and O–H groups in total. The van der Waals surface area contributed by atoms with Gasteiger partial charge in [0, 0.05) is 36.3 Å². The number of fused-ring (bicyclic) bond motifs is 2. The first-order chi connectivity index (χ1) is 19.4. The number of hydrogen-bond acceptors (Lipinski definition) is 9. The minimum atomic E-state index is -0.736. The van der Waals surface area contributed by atoms with E-state index in [9.17, 15) is 18.8 Å². The second-order valence-corrected chi connectivity index (χ2v) is 11.5. The zero-order chi connectivity index (χ0) is 29.2. The van der Waals surface area contributed by atoms with Crippen LogP contribution in [0.25, 0.3) is 22.2 Å². The number of ketones is 1. The van der Waals surface area contributed by atoms with Crippen LogP contribution in [-0.4, -0.2) is 64.3 Å². The normalized spacial score (nSPS) is 21.1. The van der Waals surface area contributed by atoms with Crippen molar-refractivity contribution in [1.29, 1.82) is 0 Å². The van der Waals surface area contributed by atoms with Crippen molar-refractivity contribution in [3.8, 4) is 11.3 Å². The van der Waals surface area contributed by atoms with Crippen LogP contribution in [0.2, 0.25) is 0 Å². The molecule has 41 heavy (non-hydrogen) atoms. The highest BCUT2D eigenvalue weighted by Crippen LogP contribution is 2.59. The highest BCUT2D eigenvalue weighted by Gasteiger charge is 2.64. The Balaban J connectivity index is 1.28. The molecule has 0 radical (unpaired) electrons. The molecule has 1 aliphatic heterocycles. The van der Waals surface area contributed by atoms with E-state index in [4.69, 9.17) is 5.73 Å². The lowest BCUT2D eigenvalue weighted by Crippen LogP contribution is -2.47. The molecule has 6 rings (SSSR count). The molecule has 0 aromatic carbocycles. The molecule has 0 spiro atoms. The molecule has 2 aliphatic rings. The summed E-state index contributed by atoms with van der Waals surface area (Å²) in [5, 5.41) is 7.74. The predicted molar refractivity (Wildman–Crippen MR) is 150 cm³/mol. The molecular formula is C27H25BrFN9O3. The topological polar surface area (TPSA) is 162 Å². The van der Waals surface area contributed by atoms with E-state index in [0.29, 0.717) is 34.1 Å². The summed E-state index contributed by atoms with van der Waals surface area (Å²) in [6.07, 6.45) is 5.89. The second-order valence-electron chi connectivity index (χ2n) is 10.8. The first kappa shape index (κ1) is 26.9. The van der Waals surface area contributed by atoms with Crippen LogP contribution in [-0.2, 0) is 16.1 Å². The third-order valence-electron chi connectivity index (χ3n) is 7.81. The minimum Gasteiger partial charge on any atom is -0.368 e. The maximum Gasteiger partial charge on any atom is 0.248 e. The molecule has 12 nitrogen and oxygen atoms in total. The number of likely N-dealkylation sites (tertiary alicyclic amines) is 1. The smallest absolute Gasteiger partial charge is 0.248 e. The van der Waals surface area contributed by atoms with Gasteiger partial charge in [-0.25, -0.2) is 19.3 Å². The van der Waals surface area contributed by atoms with Crippen LogP contribution in [0.4, 0.5) is 16.2 Å². The Hall–Kier alpha value is -4.33. The van der Waals surface area contributed by atoms with Crippen molar-refractivity contribution < 1.29 is 18.8 Å². The van der Waals surface area contributed by atoms with Crippen molar-refractivity contribution in [1.82, 2.24) is 34.6 Å². The molecular weight excluding hydrogens is 597 g/mol. The Morgan fingerprint density at radius 2 is 1.90 bits per heavy atom. The van der Waals surface area contributed by atoms with Crippen molar-refractivity contribution in [2.75, 3.05) is 11.1 Å². The quantitative estimate of drug-likeness (QED) is 0.243. The first-order valence-electron chi connectivity index (χ1n) is 12.9. The molecule has 2 amide bonds. The number of pyridine rings is 2. The van der Waals surface area contributed by atoms with Gasteiger partial charge in [-0.3, -0.25) is 24.0 Å². The van der Waals surface area contributed by atoms with Crippen LogP contribution in [0.1, 0.15) is 42.7 Å². The number of Topliss-reactive ketones (excluding diaryl/α,β-unsaturated/α-hetero) is 1. The van der Waals surface area contributed by atoms with Crippen LogP contribution in [0.3, 0.4) is 0 Å². The minimum absolute atomic E-state index is 0.0138. The molecule has 0 unspecified atom stereocenters. The first-order valence-corrected chi connectivity index (χ1v) is 13.6. The summed E-state index contributed by atoms with van der Waals surface area (Å²) < 4.78 is 15.3. The lowest BCUT2D eigenvalue weighted by atomic mass is 10.0. The number of piperidine rings is 1. The highest BCUT2D eigenvalue weighted by atomic mass is 79.9. The lowest BCUT2D eigenvalue weighted by molar-refractivity contribution is -0.138. The Morgan fingerprint density at radius 1 is 1.17 bits per heavy atom. The molecule has 0 bridgehead atoms. The van der Waals surface area contributed by atoms with Crippen LogP contribution in [0.5, 0.6) is 0 Å². The number of nitrogens with one attached hydrogen (secondary N) is 1. The standard InChI is InChI=1S/C27H25BrFN9O3/c1-12-4-16(29)23(28)34-24(12)35-25(41)18-6-27(3)7-20(27)38(18)21(40)11-37-19-10-31-17(14-8-32-26(30)33-9-14)5-15(19)22(36-37)13(2)39/h4-5,8-10,18,20H,6-7,11H2,1-3H3,(H2,30,32,33)(H,34,35,41)/t18-,20+,27-/m0/s1. The number of nitrogen functional groups attached to an aromatic ring is 1. The van der Waals surface area contributed by atoms with Gasteiger partial charge in [-0.2, -0.15) is 5.10 Å². The van der Waals surface area contributed by atoms with Gasteiger partial charge in [0.25, 0.3) is 0 Å². The number of nitrogens with two attached hydrogens (primary N) is 1. The number of nitrogens with zero attached hydrogens (tertiary/aromatic N) is 7. The Bertz CT molecular complexity index is 1760. The summed E-state index contributed by atoms with van der Waals surface area (Å²) in [7, 11) is 0. The summed E-state index contributed by atoms with van der Waals surface area (Å²) in [6, 6.07) is 2.15. The lowest BCUT2D eigenvalue weighted by Gasteiger charge is -2.27. The summed E-state index contributed by atoms with van der Waals surface area (Å²) in [5.74, 6) is -1.16. The molecule has 1 aliphatic carbocycles. The van der Waals surface area contributed by atoms with Gasteiger partial charge in [-0.15, -0.1) is 0 Å². The number of carbonyl (C=O) groups is 3. The van der Waals surface area contributed by atoms with E-state index in [1.54, 1.807) is 24.1 Å². The SMILES string of the molecule is CC(=O)c1nn(CC(=O)N2[C@H](C(=O)Nc3nc(Br)c(F)cc3C)C[C@@]3(C)C[C@@H]23)c2cnc(-c3cnc(N)nc3)cc12. The average molecular weight is 622 g/mol. The highest BCUT2D eigenvalue weighted by molar-refractivity contribution is 9.10. The summed E-state index contributed by atoms with van der Waals surface area (Å²) in [4.78, 5) is 57.8. The number of anilines is 2. The van der Waals surface area contributed by atoms with Crippen LogP contribution < -0.4 is 11.1 Å². The fourth-order valence-corrected chi connectivity index (χ4v) is 5.83. The predicted octanol–water partition coefficient (Wildman–Crippen LogP) is 3.30. The zero-order valence-electron chi connectivity index (χ0n) is 22.4. The molecule has 5 heterocycles. The van der Waals surface area contributed by atoms with Crippen molar-refractivity contribution in [3.05, 3.63) is 52.4 Å². The monoisotopic (exact) mass is 621 g/mol. The third kappa shape index (κ3) is 4.71. The fourth-order valence-electron chi connectivity index (χ4n) is 5.53. The molecule has 4 aromatic heterocycles. The molecule has 1 saturated carbocycles. The molecule has 1 saturated heterocycles. The number of amides is 2. The maximum absolute atomic E-state index is 13.8. The number of halogens is 2. The number of carbonyl (C=O) groups excluding carboxylic acids is 3. The van der Waals surface area contributed by atoms with Crippen molar-refractivity contribution in [3.63, 3.8) is 0 Å². The summed E-state index contributed by atoms with van der Waals surface area (Å²) in [6.45, 7) is 4.91. The number of hydrogen-bond donors (Lipinski definition) is 2. The van der Waals surface area contributed by atoms with Crippen molar-refractivity contribution >= 4 is 56.2 Å². The van der Waals surface area contributed by atoms with Gasteiger partial charge in [-0.1, -0.05) is 6.92 Å². The van der Waals surface area contributed by atoms with Crippen LogP contribution in [0.15, 0.2) is 35.3 Å². The van der Waals surface area contributed by atoms with Crippen LogP contribution >= 0.6 is 15.9 Å². The van der Waals surface area contributed by atoms with Gasteiger partial charge >= 0.3 is 0 Å². The fraction of sp³-hybridized carbons (Fsp3) is 0.333. The van der Waals surface area contributed by atoms with Crippen LogP contribution in [0, 0.1) is 18.2 Å². The van der Waals surface area contributed by atoms with E-state index >= 15 is 0 Å². The van der Waals surface area contributed by atoms with E-state index in [1.165, 1.54) is 30.1 Å². The molecule has 4 aromatic rings. The maximum atomic E-state index is 13.8. The van der Waals surface area contributed by atoms with Gasteiger partial charge in [0.05, 0.1) is 17.4 Å². The molecule has 2 fully saturated rings. The van der Waals surface area contributed by atoms with E-state index in [1.807, 2.05) is 6.92 Å². The van der Waals surface area contributed by atoms with E-state index < -0.39 is 17.8 Å². The molecule has 3 atom stereocenters. The molecule has 210 valence electrons. The number of aryl methyl sites for hydroxylation is 1. The Labute approximate surface area is 241 Å². The van der Waals surface area contributed by atoms with E-state index in [0.717, 1.165) is 6.42 Å². The number of aromatic nitrogens is 6. The van der Waals surface area contributed by atoms with Gasteiger partial charge in [0.2, 0.25) is 17.8 Å². The third-order valence-corrected chi connectivity index (χ3v) is 8.37. The largest absolute Gasteiger partial charge is 0.368 e. The second kappa shape index (κ2) is 9.65. The van der Waals surface area contributed by atoms with Gasteiger partial charge in [0.1, 0.15) is 28.7 Å². The van der Waals surface area contributed by atoms with Crippen molar-refractivity contribution in [2.45, 2.75) is 52.2 Å². The van der Waals surface area contributed by atoms with E-state index in [-0.39, 0.29) is 51.8 Å². The van der Waals surface area contributed by atoms with Gasteiger partial charge in [-0.05, 0) is 58.8 Å². The Morgan fingerprint density at radius 3 is 2.61 bits per heavy atom. The zero-order valence-corrected chi connectivity index (χ0v) is 23.9. The van der Waals surface area contributed by atoms with E-state index in [2.05, 4.69) is 46.3 Å². The average Bonchev–Trinajstić information content (AvgIpc) is 3.29. The van der Waals surface area contributed by atoms with Crippen molar-refractivity contribution in [2.24, 2.45) is 5.41 Å². The molecule has 14 heteroatoms. The summed E-state index contributed by atoms with van der Waals surface area (Å²) in [5.41, 5.74) is 7.70.